The number of hydrogen-bond acceptors (Lipinski definition) is 3. The first-order valence-electron chi connectivity index (χ1n) is 4.97. The highest BCUT2D eigenvalue weighted by atomic mass is 16.5. The number of aromatic nitrogens is 2. The molecule has 0 aliphatic carbocycles. The van der Waals surface area contributed by atoms with Crippen LogP contribution in [0.5, 0.6) is 0 Å². The highest BCUT2D eigenvalue weighted by Gasteiger charge is 2.06. The van der Waals surface area contributed by atoms with Gasteiger partial charge in [-0.05, 0) is 19.1 Å². The molecule has 1 N–H and O–H groups in total. The standard InChI is InChI=1S/C12H12N2O2/c1-9-2-4-10(5-3-9)12(15)16-7-11-6-13-8-14-11/h2-6,8H,7H2,1H3,(H,13,14). The number of imidazole rings is 1. The van der Waals surface area contributed by atoms with Crippen molar-refractivity contribution in [1.29, 1.82) is 0 Å². The second-order valence-electron chi connectivity index (χ2n) is 3.52. The molecule has 82 valence electrons. The zero-order valence-electron chi connectivity index (χ0n) is 8.93. The third kappa shape index (κ3) is 2.48. The van der Waals surface area contributed by atoms with Crippen molar-refractivity contribution in [3.8, 4) is 0 Å². The van der Waals surface area contributed by atoms with Crippen molar-refractivity contribution in [1.82, 2.24) is 9.97 Å². The summed E-state index contributed by atoms with van der Waals surface area (Å²) in [4.78, 5) is 18.3. The monoisotopic (exact) mass is 216 g/mol. The Kier molecular flexibility index (Phi) is 3.00. The van der Waals surface area contributed by atoms with Crippen molar-refractivity contribution in [2.24, 2.45) is 0 Å². The summed E-state index contributed by atoms with van der Waals surface area (Å²) in [6, 6.07) is 7.27. The van der Waals surface area contributed by atoms with E-state index in [1.54, 1.807) is 24.7 Å². The van der Waals surface area contributed by atoms with Crippen molar-refractivity contribution in [2.75, 3.05) is 0 Å². The summed E-state index contributed by atoms with van der Waals surface area (Å²) in [5.74, 6) is -0.324. The zero-order valence-corrected chi connectivity index (χ0v) is 8.93. The number of carbonyl (C=O) groups excluding carboxylic acids is 1. The lowest BCUT2D eigenvalue weighted by Gasteiger charge is -2.03. The summed E-state index contributed by atoms with van der Waals surface area (Å²) in [6.45, 7) is 2.19. The Bertz CT molecular complexity index is 460. The Morgan fingerprint density at radius 2 is 2.12 bits per heavy atom. The number of benzene rings is 1. The molecule has 4 heteroatoms. The molecule has 0 spiro atoms. The molecule has 0 bridgehead atoms. The molecule has 0 fully saturated rings. The summed E-state index contributed by atoms with van der Waals surface area (Å²) >= 11 is 0. The molecule has 0 amide bonds. The fourth-order valence-electron chi connectivity index (χ4n) is 1.28. The van der Waals surface area contributed by atoms with E-state index in [9.17, 15) is 4.79 Å². The van der Waals surface area contributed by atoms with Gasteiger partial charge in [-0.3, -0.25) is 0 Å². The lowest BCUT2D eigenvalue weighted by Crippen LogP contribution is -2.05. The van der Waals surface area contributed by atoms with E-state index < -0.39 is 0 Å². The summed E-state index contributed by atoms with van der Waals surface area (Å²) in [5.41, 5.74) is 2.45. The minimum Gasteiger partial charge on any atom is -0.456 e. The highest BCUT2D eigenvalue weighted by Crippen LogP contribution is 2.06. The minimum atomic E-state index is -0.324. The first kappa shape index (κ1) is 10.4. The number of H-pyrrole nitrogens is 1. The predicted octanol–water partition coefficient (Wildman–Crippen LogP) is 2.08. The van der Waals surface area contributed by atoms with Gasteiger partial charge in [0.15, 0.2) is 0 Å². The lowest BCUT2D eigenvalue weighted by atomic mass is 10.1. The summed E-state index contributed by atoms with van der Waals surface area (Å²) < 4.78 is 5.10. The number of aromatic amines is 1. The third-order valence-corrected chi connectivity index (χ3v) is 2.20. The molecule has 2 aromatic rings. The molecule has 4 nitrogen and oxygen atoms in total. The van der Waals surface area contributed by atoms with E-state index in [2.05, 4.69) is 9.97 Å². The predicted molar refractivity (Wildman–Crippen MR) is 58.9 cm³/mol. The Labute approximate surface area is 93.3 Å². The van der Waals surface area contributed by atoms with E-state index >= 15 is 0 Å². The zero-order chi connectivity index (χ0) is 11.4. The quantitative estimate of drug-likeness (QED) is 0.799. The number of ether oxygens (including phenoxy) is 1. The molecule has 0 aliphatic rings. The van der Waals surface area contributed by atoms with Gasteiger partial charge in [0.2, 0.25) is 0 Å². The topological polar surface area (TPSA) is 55.0 Å². The van der Waals surface area contributed by atoms with Gasteiger partial charge in [0, 0.05) is 0 Å². The number of hydrogen-bond donors (Lipinski definition) is 1. The van der Waals surface area contributed by atoms with Gasteiger partial charge >= 0.3 is 5.97 Å². The first-order valence-corrected chi connectivity index (χ1v) is 4.97. The normalized spacial score (nSPS) is 10.1. The fraction of sp³-hybridized carbons (Fsp3) is 0.167. The van der Waals surface area contributed by atoms with Crippen molar-refractivity contribution < 1.29 is 9.53 Å². The summed E-state index contributed by atoms with van der Waals surface area (Å²) in [7, 11) is 0. The molecule has 1 aromatic heterocycles. The number of aryl methyl sites for hydroxylation is 1. The molecule has 0 aliphatic heterocycles. The first-order chi connectivity index (χ1) is 7.75. The second kappa shape index (κ2) is 4.61. The van der Waals surface area contributed by atoms with E-state index in [1.165, 1.54) is 0 Å². The van der Waals surface area contributed by atoms with E-state index in [4.69, 9.17) is 4.74 Å². The molecular formula is C12H12N2O2. The third-order valence-electron chi connectivity index (χ3n) is 2.20. The summed E-state index contributed by atoms with van der Waals surface area (Å²) in [6.07, 6.45) is 3.18. The van der Waals surface area contributed by atoms with Crippen molar-refractivity contribution in [3.63, 3.8) is 0 Å². The van der Waals surface area contributed by atoms with Crippen LogP contribution in [0.2, 0.25) is 0 Å². The van der Waals surface area contributed by atoms with Gasteiger partial charge in [0.05, 0.1) is 23.8 Å². The van der Waals surface area contributed by atoms with E-state index in [-0.39, 0.29) is 12.6 Å². The Balaban J connectivity index is 1.95. The SMILES string of the molecule is Cc1ccc(C(=O)OCc2cnc[nH]2)cc1. The van der Waals surface area contributed by atoms with Crippen LogP contribution >= 0.6 is 0 Å². The van der Waals surface area contributed by atoms with Gasteiger partial charge in [0.25, 0.3) is 0 Å². The maximum Gasteiger partial charge on any atom is 0.338 e. The van der Waals surface area contributed by atoms with E-state index in [0.29, 0.717) is 5.56 Å². The van der Waals surface area contributed by atoms with Crippen molar-refractivity contribution >= 4 is 5.97 Å². The minimum absolute atomic E-state index is 0.215. The van der Waals surface area contributed by atoms with Crippen LogP contribution in [0, 0.1) is 6.92 Å². The fourth-order valence-corrected chi connectivity index (χ4v) is 1.28. The van der Waals surface area contributed by atoms with Crippen LogP contribution in [0.25, 0.3) is 0 Å². The Hall–Kier alpha value is -2.10. The van der Waals surface area contributed by atoms with Crippen molar-refractivity contribution in [3.05, 3.63) is 53.6 Å². The Morgan fingerprint density at radius 1 is 1.38 bits per heavy atom. The number of nitrogens with zero attached hydrogens (tertiary/aromatic N) is 1. The smallest absolute Gasteiger partial charge is 0.338 e. The molecule has 0 saturated carbocycles. The maximum absolute atomic E-state index is 11.6. The van der Waals surface area contributed by atoms with E-state index in [1.807, 2.05) is 19.1 Å². The molecular weight excluding hydrogens is 204 g/mol. The lowest BCUT2D eigenvalue weighted by molar-refractivity contribution is 0.0468. The maximum atomic E-state index is 11.6. The van der Waals surface area contributed by atoms with Crippen LogP contribution in [0.1, 0.15) is 21.6 Å². The largest absolute Gasteiger partial charge is 0.456 e. The van der Waals surface area contributed by atoms with Crippen molar-refractivity contribution in [2.45, 2.75) is 13.5 Å². The molecule has 1 aromatic carbocycles. The molecule has 0 unspecified atom stereocenters. The average Bonchev–Trinajstić information content (AvgIpc) is 2.80. The molecule has 0 atom stereocenters. The van der Waals surface area contributed by atoms with Crippen LogP contribution in [0.3, 0.4) is 0 Å². The molecule has 0 radical (unpaired) electrons. The molecule has 16 heavy (non-hydrogen) atoms. The van der Waals surface area contributed by atoms with Gasteiger partial charge in [-0.2, -0.15) is 0 Å². The van der Waals surface area contributed by atoms with E-state index in [0.717, 1.165) is 11.3 Å². The van der Waals surface area contributed by atoms with Crippen LogP contribution in [-0.4, -0.2) is 15.9 Å². The number of nitrogens with one attached hydrogen (secondary N) is 1. The van der Waals surface area contributed by atoms with Crippen LogP contribution in [0.15, 0.2) is 36.8 Å². The molecule has 2 rings (SSSR count). The van der Waals surface area contributed by atoms with Crippen LogP contribution < -0.4 is 0 Å². The van der Waals surface area contributed by atoms with Crippen LogP contribution in [-0.2, 0) is 11.3 Å². The number of esters is 1. The molecule has 1 heterocycles. The summed E-state index contributed by atoms with van der Waals surface area (Å²) in [5, 5.41) is 0. The second-order valence-corrected chi connectivity index (χ2v) is 3.52. The Morgan fingerprint density at radius 3 is 2.75 bits per heavy atom. The van der Waals surface area contributed by atoms with Crippen LogP contribution in [0.4, 0.5) is 0 Å². The van der Waals surface area contributed by atoms with Gasteiger partial charge in [-0.15, -0.1) is 0 Å². The average molecular weight is 216 g/mol. The van der Waals surface area contributed by atoms with Gasteiger partial charge in [-0.1, -0.05) is 17.7 Å². The van der Waals surface area contributed by atoms with Gasteiger partial charge < -0.3 is 9.72 Å². The van der Waals surface area contributed by atoms with Gasteiger partial charge in [0.1, 0.15) is 6.61 Å². The number of carbonyl (C=O) groups is 1. The number of rotatable bonds is 3. The van der Waals surface area contributed by atoms with Gasteiger partial charge in [-0.25, -0.2) is 9.78 Å². The highest BCUT2D eigenvalue weighted by molar-refractivity contribution is 5.89. The molecule has 0 saturated heterocycles.